The summed E-state index contributed by atoms with van der Waals surface area (Å²) in [6.07, 6.45) is 0. The molecule has 0 aliphatic rings. The monoisotopic (exact) mass is 402 g/mol. The van der Waals surface area contributed by atoms with E-state index >= 15 is 0 Å². The number of hydrazine groups is 1. The van der Waals surface area contributed by atoms with Gasteiger partial charge in [0.2, 0.25) is 5.13 Å². The highest BCUT2D eigenvalue weighted by Gasteiger charge is 2.07. The van der Waals surface area contributed by atoms with Crippen molar-refractivity contribution in [2.45, 2.75) is 0 Å². The molecular weight excluding hydrogens is 392 g/mol. The van der Waals surface area contributed by atoms with Crippen LogP contribution in [0.3, 0.4) is 0 Å². The van der Waals surface area contributed by atoms with Crippen LogP contribution >= 0.6 is 34.5 Å². The van der Waals surface area contributed by atoms with Crippen LogP contribution in [0.1, 0.15) is 0 Å². The third-order valence-electron chi connectivity index (χ3n) is 3.43. The molecule has 0 fully saturated rings. The van der Waals surface area contributed by atoms with E-state index in [0.29, 0.717) is 15.8 Å². The second-order valence-corrected chi connectivity index (χ2v) is 7.28. The summed E-state index contributed by atoms with van der Waals surface area (Å²) in [6.45, 7) is 0. The lowest BCUT2D eigenvalue weighted by Gasteiger charge is -2.08. The number of aromatic nitrogens is 3. The van der Waals surface area contributed by atoms with Crippen LogP contribution < -0.4 is 16.2 Å². The van der Waals surface area contributed by atoms with E-state index in [-0.39, 0.29) is 0 Å². The lowest BCUT2D eigenvalue weighted by molar-refractivity contribution is 0.254. The summed E-state index contributed by atoms with van der Waals surface area (Å²) < 4.78 is 4.77. The summed E-state index contributed by atoms with van der Waals surface area (Å²) in [5, 5.41) is 9.83. The standard InChI is InChI=1S/C16H11ClN6OS2/c17-10-3-6-12-14(7-10)26-16(19-12)22-21-15(24)18-11-4-1-9(2-5-11)13-8-25-23-20-13/h1-8H,(H,19,22)(H2,18,21,24). The van der Waals surface area contributed by atoms with E-state index < -0.39 is 6.03 Å². The van der Waals surface area contributed by atoms with Gasteiger partial charge in [0.05, 0.1) is 10.2 Å². The molecule has 4 aromatic rings. The van der Waals surface area contributed by atoms with Crippen molar-refractivity contribution in [1.29, 1.82) is 0 Å². The van der Waals surface area contributed by atoms with Crippen molar-refractivity contribution in [3.05, 3.63) is 52.9 Å². The molecule has 0 radical (unpaired) electrons. The molecule has 0 aliphatic heterocycles. The molecule has 2 aromatic carbocycles. The van der Waals surface area contributed by atoms with Crippen molar-refractivity contribution in [3.8, 4) is 11.3 Å². The van der Waals surface area contributed by atoms with Gasteiger partial charge in [-0.2, -0.15) is 0 Å². The fraction of sp³-hybridized carbons (Fsp3) is 0. The molecule has 0 unspecified atom stereocenters. The van der Waals surface area contributed by atoms with Crippen LogP contribution in [0.4, 0.5) is 15.6 Å². The Bertz CT molecular complexity index is 1050. The molecule has 130 valence electrons. The molecule has 0 saturated carbocycles. The zero-order chi connectivity index (χ0) is 17.9. The van der Waals surface area contributed by atoms with Gasteiger partial charge in [0, 0.05) is 21.7 Å². The van der Waals surface area contributed by atoms with Crippen molar-refractivity contribution in [2.75, 3.05) is 10.7 Å². The van der Waals surface area contributed by atoms with Crippen molar-refractivity contribution in [2.24, 2.45) is 0 Å². The van der Waals surface area contributed by atoms with Crippen molar-refractivity contribution in [3.63, 3.8) is 0 Å². The van der Waals surface area contributed by atoms with Gasteiger partial charge in [-0.25, -0.2) is 15.2 Å². The second-order valence-electron chi connectivity index (χ2n) is 5.20. The van der Waals surface area contributed by atoms with Gasteiger partial charge in [0.25, 0.3) is 0 Å². The van der Waals surface area contributed by atoms with Gasteiger partial charge in [0.15, 0.2) is 0 Å². The van der Waals surface area contributed by atoms with Crippen molar-refractivity contribution in [1.82, 2.24) is 20.0 Å². The van der Waals surface area contributed by atoms with E-state index in [0.717, 1.165) is 21.5 Å². The Hall–Kier alpha value is -2.75. The zero-order valence-electron chi connectivity index (χ0n) is 13.1. The number of nitrogens with one attached hydrogen (secondary N) is 3. The van der Waals surface area contributed by atoms with Gasteiger partial charge in [0.1, 0.15) is 5.69 Å². The van der Waals surface area contributed by atoms with Crippen LogP contribution in [0.2, 0.25) is 5.02 Å². The number of hydrogen-bond donors (Lipinski definition) is 3. The number of urea groups is 1. The maximum Gasteiger partial charge on any atom is 0.337 e. The van der Waals surface area contributed by atoms with Gasteiger partial charge in [-0.05, 0) is 41.9 Å². The Morgan fingerprint density at radius 3 is 2.73 bits per heavy atom. The van der Waals surface area contributed by atoms with Gasteiger partial charge in [-0.3, -0.25) is 5.43 Å². The normalized spacial score (nSPS) is 10.7. The quantitative estimate of drug-likeness (QED) is 0.433. The number of fused-ring (bicyclic) bond motifs is 1. The van der Waals surface area contributed by atoms with Crippen LogP contribution in [0.15, 0.2) is 47.8 Å². The predicted octanol–water partition coefficient (Wildman–Crippen LogP) is 4.62. The number of carbonyl (C=O) groups is 1. The topological polar surface area (TPSA) is 91.8 Å². The summed E-state index contributed by atoms with van der Waals surface area (Å²) >= 11 is 8.65. The third kappa shape index (κ3) is 3.74. The molecule has 7 nitrogen and oxygen atoms in total. The number of carbonyl (C=O) groups excluding carboxylic acids is 1. The van der Waals surface area contributed by atoms with Crippen LogP contribution in [0.5, 0.6) is 0 Å². The van der Waals surface area contributed by atoms with E-state index in [2.05, 4.69) is 30.7 Å². The molecule has 2 aromatic heterocycles. The summed E-state index contributed by atoms with van der Waals surface area (Å²) in [5.74, 6) is 0. The van der Waals surface area contributed by atoms with Gasteiger partial charge < -0.3 is 5.32 Å². The van der Waals surface area contributed by atoms with Gasteiger partial charge >= 0.3 is 6.03 Å². The number of amides is 2. The molecular formula is C16H11ClN6OS2. The zero-order valence-corrected chi connectivity index (χ0v) is 15.5. The molecule has 4 rings (SSSR count). The number of anilines is 2. The molecule has 0 bridgehead atoms. The highest BCUT2D eigenvalue weighted by molar-refractivity contribution is 7.22. The first-order chi connectivity index (χ1) is 12.7. The number of hydrogen-bond acceptors (Lipinski definition) is 7. The summed E-state index contributed by atoms with van der Waals surface area (Å²) in [5.41, 5.74) is 8.58. The van der Waals surface area contributed by atoms with Crippen LogP contribution in [0, 0.1) is 0 Å². The summed E-state index contributed by atoms with van der Waals surface area (Å²) in [7, 11) is 0. The number of benzene rings is 2. The average Bonchev–Trinajstić information content (AvgIpc) is 3.30. The fourth-order valence-electron chi connectivity index (χ4n) is 2.24. The molecule has 3 N–H and O–H groups in total. The minimum absolute atomic E-state index is 0.398. The molecule has 26 heavy (non-hydrogen) atoms. The SMILES string of the molecule is O=C(NNc1nc2ccc(Cl)cc2s1)Nc1ccc(-c2csnn2)cc1. The van der Waals surface area contributed by atoms with Gasteiger partial charge in [-0.15, -0.1) is 5.10 Å². The highest BCUT2D eigenvalue weighted by Crippen LogP contribution is 2.27. The molecule has 0 spiro atoms. The molecule has 2 amide bonds. The van der Waals surface area contributed by atoms with E-state index in [9.17, 15) is 4.79 Å². The van der Waals surface area contributed by atoms with E-state index in [1.807, 2.05) is 29.6 Å². The maximum absolute atomic E-state index is 12.0. The number of rotatable bonds is 4. The Balaban J connectivity index is 1.36. The lowest BCUT2D eigenvalue weighted by Crippen LogP contribution is -2.33. The molecule has 2 heterocycles. The van der Waals surface area contributed by atoms with E-state index in [4.69, 9.17) is 11.6 Å². The van der Waals surface area contributed by atoms with E-state index in [1.165, 1.54) is 22.9 Å². The molecule has 0 aliphatic carbocycles. The number of nitrogens with zero attached hydrogens (tertiary/aromatic N) is 3. The predicted molar refractivity (Wildman–Crippen MR) is 106 cm³/mol. The van der Waals surface area contributed by atoms with Gasteiger partial charge in [-0.1, -0.05) is 39.6 Å². The average molecular weight is 403 g/mol. The molecule has 10 heteroatoms. The molecule has 0 saturated heterocycles. The number of halogens is 1. The smallest absolute Gasteiger partial charge is 0.307 e. The summed E-state index contributed by atoms with van der Waals surface area (Å²) in [6, 6.07) is 12.4. The second kappa shape index (κ2) is 7.24. The largest absolute Gasteiger partial charge is 0.337 e. The summed E-state index contributed by atoms with van der Waals surface area (Å²) in [4.78, 5) is 16.4. The Morgan fingerprint density at radius 2 is 1.96 bits per heavy atom. The van der Waals surface area contributed by atoms with E-state index in [1.54, 1.807) is 18.2 Å². The first-order valence-electron chi connectivity index (χ1n) is 7.44. The van der Waals surface area contributed by atoms with Crippen molar-refractivity contribution >= 4 is 61.5 Å². The Kier molecular flexibility index (Phi) is 4.65. The van der Waals surface area contributed by atoms with Crippen LogP contribution in [0.25, 0.3) is 21.5 Å². The number of thiazole rings is 1. The molecule has 0 atom stereocenters. The maximum atomic E-state index is 12.0. The van der Waals surface area contributed by atoms with Crippen molar-refractivity contribution < 1.29 is 4.79 Å². The van der Waals surface area contributed by atoms with Crippen LogP contribution in [-0.4, -0.2) is 20.6 Å². The first kappa shape index (κ1) is 16.7. The first-order valence-corrected chi connectivity index (χ1v) is 9.47. The lowest BCUT2D eigenvalue weighted by atomic mass is 10.1. The highest BCUT2D eigenvalue weighted by atomic mass is 35.5. The third-order valence-corrected chi connectivity index (χ3v) is 5.11. The minimum Gasteiger partial charge on any atom is -0.307 e. The Morgan fingerprint density at radius 1 is 1.12 bits per heavy atom. The fourth-order valence-corrected chi connectivity index (χ4v) is 3.80. The Labute approximate surface area is 161 Å². The minimum atomic E-state index is -0.398. The van der Waals surface area contributed by atoms with Crippen LogP contribution in [-0.2, 0) is 0 Å².